The van der Waals surface area contributed by atoms with E-state index in [9.17, 15) is 29.1 Å². The number of carboxylic acid groups (broad SMARTS) is 1. The van der Waals surface area contributed by atoms with E-state index >= 15 is 0 Å². The molecule has 2 aromatic carbocycles. The number of hydrogen-bond acceptors (Lipinski definition) is 8. The van der Waals surface area contributed by atoms with Crippen molar-refractivity contribution in [3.8, 4) is 0 Å². The molecular formula is C30H39N7O6. The molecule has 3 rings (SSSR count). The summed E-state index contributed by atoms with van der Waals surface area (Å²) < 4.78 is 0. The highest BCUT2D eigenvalue weighted by Crippen LogP contribution is 2.20. The molecular weight excluding hydrogens is 554 g/mol. The summed E-state index contributed by atoms with van der Waals surface area (Å²) in [6, 6.07) is 11.0. The standard InChI is InChI=1S/C30H39N7O6/c1-18(2)25(26(31)39)37(21(17-38)15-19-9-5-3-6-10-19)27(40)24(22-13-14-33-29(32)34-22)36-30(43)35-23(28(41)42)16-20-11-7-4-8-12-20/h3-12,17-18,21-25H,13-16H2,1-2H3,(H2,31,39)(H,41,42)(H3,32,33,34)(H2,35,36,43)/t21?,22-,23-,24?,25-/m0/s1. The molecule has 13 heteroatoms. The zero-order valence-corrected chi connectivity index (χ0v) is 24.2. The van der Waals surface area contributed by atoms with Crippen LogP contribution in [0.1, 0.15) is 31.4 Å². The second-order valence-electron chi connectivity index (χ2n) is 10.7. The highest BCUT2D eigenvalue weighted by molar-refractivity contribution is 5.95. The molecule has 1 aliphatic rings. The maximum absolute atomic E-state index is 14.4. The molecule has 0 fully saturated rings. The van der Waals surface area contributed by atoms with E-state index in [2.05, 4.69) is 20.9 Å². The van der Waals surface area contributed by atoms with Gasteiger partial charge in [0, 0.05) is 13.0 Å². The van der Waals surface area contributed by atoms with Gasteiger partial charge in [0.25, 0.3) is 0 Å². The van der Waals surface area contributed by atoms with Gasteiger partial charge in [-0.3, -0.25) is 14.6 Å². The molecule has 13 nitrogen and oxygen atoms in total. The van der Waals surface area contributed by atoms with Crippen molar-refractivity contribution in [1.29, 1.82) is 0 Å². The van der Waals surface area contributed by atoms with Gasteiger partial charge in [-0.15, -0.1) is 0 Å². The molecule has 2 aromatic rings. The fraction of sp³-hybridized carbons (Fsp3) is 0.400. The third-order valence-corrected chi connectivity index (χ3v) is 7.18. The van der Waals surface area contributed by atoms with Crippen LogP contribution < -0.4 is 27.4 Å². The number of carboxylic acids is 1. The number of benzene rings is 2. The molecule has 230 valence electrons. The third-order valence-electron chi connectivity index (χ3n) is 7.18. The summed E-state index contributed by atoms with van der Waals surface area (Å²) in [5.41, 5.74) is 13.1. The average Bonchev–Trinajstić information content (AvgIpc) is 2.97. The summed E-state index contributed by atoms with van der Waals surface area (Å²) in [6.07, 6.45) is 0.929. The summed E-state index contributed by atoms with van der Waals surface area (Å²) in [5.74, 6) is -3.29. The van der Waals surface area contributed by atoms with Crippen molar-refractivity contribution in [2.24, 2.45) is 22.4 Å². The van der Waals surface area contributed by atoms with Crippen LogP contribution in [0.4, 0.5) is 4.79 Å². The van der Waals surface area contributed by atoms with E-state index in [1.807, 2.05) is 6.07 Å². The number of guanidine groups is 1. The molecule has 1 heterocycles. The van der Waals surface area contributed by atoms with E-state index in [0.29, 0.717) is 11.8 Å². The van der Waals surface area contributed by atoms with Crippen LogP contribution in [0.25, 0.3) is 0 Å². The van der Waals surface area contributed by atoms with E-state index in [1.54, 1.807) is 68.4 Å². The van der Waals surface area contributed by atoms with E-state index in [1.165, 1.54) is 0 Å². The Balaban J connectivity index is 1.97. The topological polar surface area (TPSA) is 209 Å². The smallest absolute Gasteiger partial charge is 0.326 e. The molecule has 0 aliphatic carbocycles. The van der Waals surface area contributed by atoms with Crippen molar-refractivity contribution < 1.29 is 29.1 Å². The van der Waals surface area contributed by atoms with Crippen LogP contribution in [-0.4, -0.2) is 82.8 Å². The zero-order chi connectivity index (χ0) is 31.5. The SMILES string of the molecule is CC(C)[C@@H](C(N)=O)N(C(=O)C(NC(=O)N[C@@H](Cc1ccccc1)C(=O)O)[C@@H]1CCN=C(N)N1)C(C=O)Cc1ccccc1. The Kier molecular flexibility index (Phi) is 11.6. The Morgan fingerprint density at radius 1 is 1.02 bits per heavy atom. The molecule has 8 N–H and O–H groups in total. The monoisotopic (exact) mass is 593 g/mol. The van der Waals surface area contributed by atoms with Gasteiger partial charge in [0.15, 0.2) is 5.96 Å². The number of nitrogens with two attached hydrogens (primary N) is 2. The largest absolute Gasteiger partial charge is 0.480 e. The number of amides is 4. The second kappa shape index (κ2) is 15.3. The van der Waals surface area contributed by atoms with Crippen molar-refractivity contribution in [2.45, 2.75) is 63.3 Å². The molecule has 5 atom stereocenters. The quantitative estimate of drug-likeness (QED) is 0.166. The van der Waals surface area contributed by atoms with E-state index in [-0.39, 0.29) is 31.8 Å². The molecule has 0 saturated heterocycles. The van der Waals surface area contributed by atoms with Crippen molar-refractivity contribution in [2.75, 3.05) is 6.54 Å². The first-order valence-electron chi connectivity index (χ1n) is 14.0. The summed E-state index contributed by atoms with van der Waals surface area (Å²) in [4.78, 5) is 70.1. The number of nitrogens with one attached hydrogen (secondary N) is 3. The van der Waals surface area contributed by atoms with Crippen molar-refractivity contribution in [3.05, 3.63) is 71.8 Å². The van der Waals surface area contributed by atoms with Crippen LogP contribution in [0.15, 0.2) is 65.7 Å². The lowest BCUT2D eigenvalue weighted by Gasteiger charge is -2.40. The Hall–Kier alpha value is -4.94. The molecule has 0 bridgehead atoms. The van der Waals surface area contributed by atoms with Gasteiger partial charge in [-0.1, -0.05) is 74.5 Å². The number of aliphatic imine (C=N–C) groups is 1. The summed E-state index contributed by atoms with van der Waals surface area (Å²) in [7, 11) is 0. The number of aldehydes is 1. The lowest BCUT2D eigenvalue weighted by atomic mass is 9.94. The average molecular weight is 594 g/mol. The Bertz CT molecular complexity index is 1300. The van der Waals surface area contributed by atoms with Crippen LogP contribution in [0, 0.1) is 5.92 Å². The Morgan fingerprint density at radius 3 is 2.09 bits per heavy atom. The fourth-order valence-corrected chi connectivity index (χ4v) is 5.13. The minimum atomic E-state index is -1.38. The summed E-state index contributed by atoms with van der Waals surface area (Å²) in [5, 5.41) is 17.7. The first-order valence-corrected chi connectivity index (χ1v) is 14.0. The number of hydrogen-bond donors (Lipinski definition) is 6. The number of aliphatic carboxylic acids is 1. The first kappa shape index (κ1) is 32.6. The van der Waals surface area contributed by atoms with Crippen LogP contribution in [-0.2, 0) is 32.0 Å². The molecule has 0 saturated carbocycles. The first-order chi connectivity index (χ1) is 20.5. The molecule has 0 radical (unpaired) electrons. The predicted octanol–water partition coefficient (Wildman–Crippen LogP) is 0.175. The second-order valence-corrected chi connectivity index (χ2v) is 10.7. The van der Waals surface area contributed by atoms with Crippen LogP contribution in [0.5, 0.6) is 0 Å². The lowest BCUT2D eigenvalue weighted by molar-refractivity contribution is -0.147. The molecule has 4 amide bonds. The van der Waals surface area contributed by atoms with Gasteiger partial charge in [-0.25, -0.2) is 9.59 Å². The molecule has 0 aromatic heterocycles. The predicted molar refractivity (Wildman–Crippen MR) is 160 cm³/mol. The van der Waals surface area contributed by atoms with Crippen LogP contribution in [0.3, 0.4) is 0 Å². The zero-order valence-electron chi connectivity index (χ0n) is 24.2. The van der Waals surface area contributed by atoms with Crippen LogP contribution in [0.2, 0.25) is 0 Å². The molecule has 0 spiro atoms. The van der Waals surface area contributed by atoms with Crippen LogP contribution >= 0.6 is 0 Å². The van der Waals surface area contributed by atoms with Gasteiger partial charge in [-0.05, 0) is 29.9 Å². The van der Waals surface area contributed by atoms with Gasteiger partial charge in [0.05, 0.1) is 12.1 Å². The van der Waals surface area contributed by atoms with Gasteiger partial charge in [0.1, 0.15) is 24.4 Å². The number of nitrogens with zero attached hydrogens (tertiary/aromatic N) is 2. The minimum absolute atomic E-state index is 0.00297. The van der Waals surface area contributed by atoms with Gasteiger partial charge < -0.3 is 42.2 Å². The highest BCUT2D eigenvalue weighted by Gasteiger charge is 2.43. The highest BCUT2D eigenvalue weighted by atomic mass is 16.4. The number of rotatable bonds is 14. The van der Waals surface area contributed by atoms with Crippen molar-refractivity contribution >= 4 is 36.1 Å². The maximum Gasteiger partial charge on any atom is 0.326 e. The third kappa shape index (κ3) is 9.02. The maximum atomic E-state index is 14.4. The summed E-state index contributed by atoms with van der Waals surface area (Å²) >= 11 is 0. The van der Waals surface area contributed by atoms with Gasteiger partial charge in [-0.2, -0.15) is 0 Å². The number of carbonyl (C=O) groups excluding carboxylic acids is 4. The van der Waals surface area contributed by atoms with E-state index in [0.717, 1.165) is 10.5 Å². The Labute approximate surface area is 250 Å². The van der Waals surface area contributed by atoms with Gasteiger partial charge >= 0.3 is 12.0 Å². The molecule has 43 heavy (non-hydrogen) atoms. The van der Waals surface area contributed by atoms with Crippen molar-refractivity contribution in [1.82, 2.24) is 20.9 Å². The number of carbonyl (C=O) groups is 5. The van der Waals surface area contributed by atoms with E-state index in [4.69, 9.17) is 11.5 Å². The fourth-order valence-electron chi connectivity index (χ4n) is 5.13. The normalized spacial score (nSPS) is 17.3. The van der Waals surface area contributed by atoms with E-state index < -0.39 is 59.9 Å². The minimum Gasteiger partial charge on any atom is -0.480 e. The van der Waals surface area contributed by atoms with Crippen molar-refractivity contribution in [3.63, 3.8) is 0 Å². The number of primary amides is 1. The number of urea groups is 1. The molecule has 2 unspecified atom stereocenters. The summed E-state index contributed by atoms with van der Waals surface area (Å²) in [6.45, 7) is 3.63. The Morgan fingerprint density at radius 2 is 1.60 bits per heavy atom. The van der Waals surface area contributed by atoms with Gasteiger partial charge in [0.2, 0.25) is 11.8 Å². The molecule has 1 aliphatic heterocycles. The lowest BCUT2D eigenvalue weighted by Crippen LogP contribution is -2.67.